The molecule has 0 bridgehead atoms. The number of piperazine rings is 1. The Morgan fingerprint density at radius 3 is 2.54 bits per heavy atom. The van der Waals surface area contributed by atoms with Crippen LogP contribution in [0.25, 0.3) is 0 Å². The third kappa shape index (κ3) is 4.03. The summed E-state index contributed by atoms with van der Waals surface area (Å²) in [6.45, 7) is 3.52. The highest BCUT2D eigenvalue weighted by atomic mass is 32.2. The molecule has 1 aliphatic heterocycles. The third-order valence-corrected chi connectivity index (χ3v) is 6.47. The average molecular weight is 378 g/mol. The minimum atomic E-state index is -3.55. The van der Waals surface area contributed by atoms with Crippen molar-refractivity contribution in [3.05, 3.63) is 60.0 Å². The first-order valence-corrected chi connectivity index (χ1v) is 9.91. The van der Waals surface area contributed by atoms with Crippen LogP contribution >= 0.6 is 0 Å². The molecule has 140 valence electrons. The predicted molar refractivity (Wildman–Crippen MR) is 99.4 cm³/mol. The van der Waals surface area contributed by atoms with E-state index in [-0.39, 0.29) is 11.9 Å². The van der Waals surface area contributed by atoms with Gasteiger partial charge in [-0.05, 0) is 24.6 Å². The average Bonchev–Trinajstić information content (AvgIpc) is 2.63. The van der Waals surface area contributed by atoms with Gasteiger partial charge in [-0.1, -0.05) is 30.3 Å². The van der Waals surface area contributed by atoms with E-state index in [4.69, 9.17) is 0 Å². The molecule has 0 N–H and O–H groups in total. The number of pyridine rings is 1. The molecule has 0 aliphatic carbocycles. The van der Waals surface area contributed by atoms with Gasteiger partial charge in [-0.3, -0.25) is 0 Å². The Labute approximate surface area is 154 Å². The summed E-state index contributed by atoms with van der Waals surface area (Å²) in [6, 6.07) is 12.4. The Morgan fingerprint density at radius 1 is 1.19 bits per heavy atom. The van der Waals surface area contributed by atoms with Crippen molar-refractivity contribution < 1.29 is 12.8 Å². The molecular formula is C18H23FN4O2S. The van der Waals surface area contributed by atoms with E-state index in [0.29, 0.717) is 32.0 Å². The van der Waals surface area contributed by atoms with E-state index in [1.54, 1.807) is 13.1 Å². The zero-order valence-corrected chi connectivity index (χ0v) is 15.7. The maximum absolute atomic E-state index is 13.1. The quantitative estimate of drug-likeness (QED) is 0.800. The highest BCUT2D eigenvalue weighted by Crippen LogP contribution is 2.21. The van der Waals surface area contributed by atoms with E-state index in [0.717, 1.165) is 5.56 Å². The molecule has 1 aromatic heterocycles. The Hall–Kier alpha value is -2.03. The van der Waals surface area contributed by atoms with Gasteiger partial charge < -0.3 is 4.90 Å². The molecule has 1 atom stereocenters. The number of halogens is 1. The van der Waals surface area contributed by atoms with Gasteiger partial charge >= 0.3 is 0 Å². The summed E-state index contributed by atoms with van der Waals surface area (Å²) >= 11 is 0. The lowest BCUT2D eigenvalue weighted by Gasteiger charge is -2.40. The van der Waals surface area contributed by atoms with Gasteiger partial charge in [-0.2, -0.15) is 17.0 Å². The largest absolute Gasteiger partial charge is 0.351 e. The minimum absolute atomic E-state index is 0.0541. The lowest BCUT2D eigenvalue weighted by molar-refractivity contribution is 0.311. The first kappa shape index (κ1) is 18.8. The van der Waals surface area contributed by atoms with Crippen molar-refractivity contribution in [1.29, 1.82) is 0 Å². The van der Waals surface area contributed by atoms with Crippen molar-refractivity contribution in [1.82, 2.24) is 13.6 Å². The fraction of sp³-hybridized carbons (Fsp3) is 0.389. The van der Waals surface area contributed by atoms with E-state index >= 15 is 0 Å². The van der Waals surface area contributed by atoms with Crippen LogP contribution in [-0.4, -0.2) is 54.7 Å². The second-order valence-electron chi connectivity index (χ2n) is 6.48. The molecule has 26 heavy (non-hydrogen) atoms. The van der Waals surface area contributed by atoms with Crippen LogP contribution < -0.4 is 4.90 Å². The summed E-state index contributed by atoms with van der Waals surface area (Å²) in [5.74, 6) is 0.277. The summed E-state index contributed by atoms with van der Waals surface area (Å²) < 4.78 is 41.7. The third-order valence-electron chi connectivity index (χ3n) is 4.56. The minimum Gasteiger partial charge on any atom is -0.351 e. The van der Waals surface area contributed by atoms with Crippen molar-refractivity contribution in [3.63, 3.8) is 0 Å². The Kier molecular flexibility index (Phi) is 5.55. The van der Waals surface area contributed by atoms with Crippen molar-refractivity contribution >= 4 is 16.0 Å². The van der Waals surface area contributed by atoms with Gasteiger partial charge in [0.15, 0.2) is 0 Å². The van der Waals surface area contributed by atoms with Crippen molar-refractivity contribution in [3.8, 4) is 0 Å². The van der Waals surface area contributed by atoms with E-state index in [2.05, 4.69) is 4.98 Å². The molecule has 1 unspecified atom stereocenters. The second-order valence-corrected chi connectivity index (χ2v) is 8.52. The molecule has 0 spiro atoms. The van der Waals surface area contributed by atoms with E-state index in [1.807, 2.05) is 42.2 Å². The van der Waals surface area contributed by atoms with E-state index < -0.39 is 10.2 Å². The van der Waals surface area contributed by atoms with Gasteiger partial charge in [0, 0.05) is 39.3 Å². The monoisotopic (exact) mass is 378 g/mol. The van der Waals surface area contributed by atoms with Crippen molar-refractivity contribution in [2.45, 2.75) is 19.5 Å². The summed E-state index contributed by atoms with van der Waals surface area (Å²) in [6.07, 6.45) is 1.18. The molecule has 1 aliphatic rings. The zero-order valence-electron chi connectivity index (χ0n) is 14.9. The summed E-state index contributed by atoms with van der Waals surface area (Å²) in [4.78, 5) is 6.11. The molecule has 0 amide bonds. The highest BCUT2D eigenvalue weighted by molar-refractivity contribution is 7.86. The van der Waals surface area contributed by atoms with Gasteiger partial charge in [-0.15, -0.1) is 0 Å². The molecule has 1 saturated heterocycles. The Morgan fingerprint density at radius 2 is 1.92 bits per heavy atom. The van der Waals surface area contributed by atoms with Crippen LogP contribution in [0.4, 0.5) is 10.2 Å². The topological polar surface area (TPSA) is 56.8 Å². The number of aromatic nitrogens is 1. The van der Waals surface area contributed by atoms with Gasteiger partial charge in [0.05, 0.1) is 6.20 Å². The van der Waals surface area contributed by atoms with Crippen LogP contribution in [0.5, 0.6) is 0 Å². The molecule has 1 aromatic carbocycles. The fourth-order valence-electron chi connectivity index (χ4n) is 3.13. The van der Waals surface area contributed by atoms with Gasteiger partial charge in [0.2, 0.25) is 0 Å². The van der Waals surface area contributed by atoms with Gasteiger partial charge in [0.25, 0.3) is 10.2 Å². The maximum Gasteiger partial charge on any atom is 0.282 e. The SMILES string of the molecule is CC1CN(S(=O)(=O)N(C)Cc2ccccc2)CCN1c1ccc(F)cn1. The van der Waals surface area contributed by atoms with E-state index in [1.165, 1.54) is 20.9 Å². The van der Waals surface area contributed by atoms with Gasteiger partial charge in [0.1, 0.15) is 11.6 Å². The predicted octanol–water partition coefficient (Wildman–Crippen LogP) is 2.11. The summed E-state index contributed by atoms with van der Waals surface area (Å²) in [5, 5.41) is 0. The van der Waals surface area contributed by atoms with Crippen molar-refractivity contribution in [2.24, 2.45) is 0 Å². The van der Waals surface area contributed by atoms with E-state index in [9.17, 15) is 12.8 Å². The molecule has 2 heterocycles. The van der Waals surface area contributed by atoms with Crippen LogP contribution in [0.3, 0.4) is 0 Å². The van der Waals surface area contributed by atoms with Gasteiger partial charge in [-0.25, -0.2) is 9.37 Å². The summed E-state index contributed by atoms with van der Waals surface area (Å²) in [7, 11) is -1.95. The number of anilines is 1. The second kappa shape index (κ2) is 7.69. The zero-order chi connectivity index (χ0) is 18.7. The lowest BCUT2D eigenvalue weighted by Crippen LogP contribution is -2.56. The molecular weight excluding hydrogens is 355 g/mol. The molecule has 8 heteroatoms. The maximum atomic E-state index is 13.1. The Bertz CT molecular complexity index is 830. The smallest absolute Gasteiger partial charge is 0.282 e. The molecule has 2 aromatic rings. The first-order valence-electron chi connectivity index (χ1n) is 8.51. The lowest BCUT2D eigenvalue weighted by atomic mass is 10.2. The normalized spacial score (nSPS) is 19.1. The van der Waals surface area contributed by atoms with Crippen LogP contribution in [0, 0.1) is 5.82 Å². The molecule has 0 saturated carbocycles. The van der Waals surface area contributed by atoms with Crippen LogP contribution in [0.2, 0.25) is 0 Å². The molecule has 6 nitrogen and oxygen atoms in total. The molecule has 1 fully saturated rings. The van der Waals surface area contributed by atoms with Crippen LogP contribution in [0.15, 0.2) is 48.7 Å². The standard InChI is InChI=1S/C18H23FN4O2S/c1-15-13-22(10-11-23(15)18-9-8-17(19)12-20-18)26(24,25)21(2)14-16-6-4-3-5-7-16/h3-9,12,15H,10-11,13-14H2,1-2H3. The first-order chi connectivity index (χ1) is 12.4. The molecule has 3 rings (SSSR count). The molecule has 0 radical (unpaired) electrons. The number of rotatable bonds is 5. The van der Waals surface area contributed by atoms with Crippen LogP contribution in [0.1, 0.15) is 12.5 Å². The van der Waals surface area contributed by atoms with Crippen molar-refractivity contribution in [2.75, 3.05) is 31.6 Å². The number of hydrogen-bond acceptors (Lipinski definition) is 4. The van der Waals surface area contributed by atoms with Crippen LogP contribution in [-0.2, 0) is 16.8 Å². The Balaban J connectivity index is 1.68. The number of nitrogens with zero attached hydrogens (tertiary/aromatic N) is 4. The fourth-order valence-corrected chi connectivity index (χ4v) is 4.55. The highest BCUT2D eigenvalue weighted by Gasteiger charge is 2.34. The number of benzene rings is 1. The summed E-state index contributed by atoms with van der Waals surface area (Å²) in [5.41, 5.74) is 0.945. The number of hydrogen-bond donors (Lipinski definition) is 0.